The van der Waals surface area contributed by atoms with Crippen molar-refractivity contribution in [2.24, 2.45) is 0 Å². The van der Waals surface area contributed by atoms with Gasteiger partial charge in [-0.2, -0.15) is 4.31 Å². The van der Waals surface area contributed by atoms with E-state index in [1.54, 1.807) is 16.4 Å². The SMILES string of the molecule is CCOCC1CCC2(CCN(S(=O)(=O)c3ccc(C(C)(C)C)cc3)CC2)O1. The van der Waals surface area contributed by atoms with Gasteiger partial charge in [0.25, 0.3) is 0 Å². The fourth-order valence-electron chi connectivity index (χ4n) is 4.04. The van der Waals surface area contributed by atoms with Crippen LogP contribution in [0.4, 0.5) is 0 Å². The fraction of sp³-hybridized carbons (Fsp3) is 0.714. The molecule has 6 heteroatoms. The largest absolute Gasteiger partial charge is 0.379 e. The molecule has 0 N–H and O–H groups in total. The summed E-state index contributed by atoms with van der Waals surface area (Å²) in [5, 5.41) is 0. The van der Waals surface area contributed by atoms with E-state index in [9.17, 15) is 8.42 Å². The molecule has 1 aromatic rings. The Morgan fingerprint density at radius 3 is 2.33 bits per heavy atom. The van der Waals surface area contributed by atoms with Gasteiger partial charge in [0.05, 0.1) is 23.2 Å². The standard InChI is InChI=1S/C21H33NO4S/c1-5-25-16-18-10-11-21(26-18)12-14-22(15-13-21)27(23,24)19-8-6-17(7-9-19)20(2,3)4/h6-9,18H,5,10-16H2,1-4H3. The highest BCUT2D eigenvalue weighted by Gasteiger charge is 2.44. The smallest absolute Gasteiger partial charge is 0.243 e. The maximum atomic E-state index is 13.0. The summed E-state index contributed by atoms with van der Waals surface area (Å²) in [6.45, 7) is 10.7. The average molecular weight is 396 g/mol. The summed E-state index contributed by atoms with van der Waals surface area (Å²) in [5.74, 6) is 0. The first kappa shape index (κ1) is 20.8. The molecule has 27 heavy (non-hydrogen) atoms. The van der Waals surface area contributed by atoms with Crippen LogP contribution in [0.5, 0.6) is 0 Å². The lowest BCUT2D eigenvalue weighted by Gasteiger charge is -2.38. The number of ether oxygens (including phenoxy) is 2. The first-order chi connectivity index (χ1) is 12.7. The van der Waals surface area contributed by atoms with E-state index < -0.39 is 10.0 Å². The van der Waals surface area contributed by atoms with Crippen molar-refractivity contribution >= 4 is 10.0 Å². The molecule has 1 atom stereocenters. The van der Waals surface area contributed by atoms with Gasteiger partial charge in [0.2, 0.25) is 10.0 Å². The lowest BCUT2D eigenvalue weighted by atomic mass is 9.87. The van der Waals surface area contributed by atoms with E-state index in [4.69, 9.17) is 9.47 Å². The molecule has 0 radical (unpaired) electrons. The molecule has 0 amide bonds. The highest BCUT2D eigenvalue weighted by atomic mass is 32.2. The second-order valence-corrected chi connectivity index (χ2v) is 10.7. The molecule has 2 aliphatic rings. The van der Waals surface area contributed by atoms with E-state index in [1.165, 1.54) is 0 Å². The number of sulfonamides is 1. The minimum Gasteiger partial charge on any atom is -0.379 e. The van der Waals surface area contributed by atoms with Gasteiger partial charge < -0.3 is 9.47 Å². The van der Waals surface area contributed by atoms with Crippen LogP contribution in [0.1, 0.15) is 58.9 Å². The third kappa shape index (κ3) is 4.56. The number of piperidine rings is 1. The van der Waals surface area contributed by atoms with Crippen LogP contribution in [-0.4, -0.2) is 50.7 Å². The Morgan fingerprint density at radius 2 is 1.78 bits per heavy atom. The van der Waals surface area contributed by atoms with Crippen molar-refractivity contribution in [2.75, 3.05) is 26.3 Å². The van der Waals surface area contributed by atoms with Gasteiger partial charge in [0.1, 0.15) is 0 Å². The molecule has 2 heterocycles. The van der Waals surface area contributed by atoms with Crippen molar-refractivity contribution < 1.29 is 17.9 Å². The van der Waals surface area contributed by atoms with Crippen molar-refractivity contribution in [3.05, 3.63) is 29.8 Å². The fourth-order valence-corrected chi connectivity index (χ4v) is 5.48. The summed E-state index contributed by atoms with van der Waals surface area (Å²) in [4.78, 5) is 0.382. The predicted octanol–water partition coefficient (Wildman–Crippen LogP) is 3.72. The van der Waals surface area contributed by atoms with Crippen molar-refractivity contribution in [3.8, 4) is 0 Å². The van der Waals surface area contributed by atoms with Gasteiger partial charge in [-0.15, -0.1) is 0 Å². The highest BCUT2D eigenvalue weighted by molar-refractivity contribution is 7.89. The van der Waals surface area contributed by atoms with Crippen LogP contribution >= 0.6 is 0 Å². The van der Waals surface area contributed by atoms with Crippen molar-refractivity contribution in [2.45, 2.75) is 75.4 Å². The molecule has 1 unspecified atom stereocenters. The Balaban J connectivity index is 1.63. The molecule has 0 aliphatic carbocycles. The van der Waals surface area contributed by atoms with E-state index in [0.29, 0.717) is 31.2 Å². The van der Waals surface area contributed by atoms with E-state index in [2.05, 4.69) is 20.8 Å². The Morgan fingerprint density at radius 1 is 1.15 bits per heavy atom. The number of hydrogen-bond donors (Lipinski definition) is 0. The Bertz CT molecular complexity index is 728. The zero-order chi connectivity index (χ0) is 19.7. The highest BCUT2D eigenvalue weighted by Crippen LogP contribution is 2.40. The molecular weight excluding hydrogens is 362 g/mol. The summed E-state index contributed by atoms with van der Waals surface area (Å²) in [6.07, 6.45) is 3.67. The van der Waals surface area contributed by atoms with Crippen LogP contribution in [0.25, 0.3) is 0 Å². The molecule has 2 aliphatic heterocycles. The monoisotopic (exact) mass is 395 g/mol. The summed E-state index contributed by atoms with van der Waals surface area (Å²) >= 11 is 0. The lowest BCUT2D eigenvalue weighted by molar-refractivity contribution is -0.0900. The topological polar surface area (TPSA) is 55.8 Å². The zero-order valence-electron chi connectivity index (χ0n) is 17.0. The van der Waals surface area contributed by atoms with E-state index >= 15 is 0 Å². The minimum absolute atomic E-state index is 0.0115. The summed E-state index contributed by atoms with van der Waals surface area (Å²) in [7, 11) is -3.45. The summed E-state index contributed by atoms with van der Waals surface area (Å²) in [6, 6.07) is 7.34. The zero-order valence-corrected chi connectivity index (χ0v) is 17.8. The Kier molecular flexibility index (Phi) is 6.02. The number of rotatable bonds is 5. The van der Waals surface area contributed by atoms with Crippen molar-refractivity contribution in [3.63, 3.8) is 0 Å². The van der Waals surface area contributed by atoms with Gasteiger partial charge in [-0.25, -0.2) is 8.42 Å². The average Bonchev–Trinajstić information content (AvgIpc) is 3.02. The van der Waals surface area contributed by atoms with Crippen LogP contribution in [0.15, 0.2) is 29.2 Å². The molecule has 1 spiro atoms. The van der Waals surface area contributed by atoms with Gasteiger partial charge in [0, 0.05) is 19.7 Å². The van der Waals surface area contributed by atoms with Crippen molar-refractivity contribution in [1.29, 1.82) is 0 Å². The second kappa shape index (κ2) is 7.82. The first-order valence-corrected chi connectivity index (χ1v) is 11.5. The molecule has 2 fully saturated rings. The second-order valence-electron chi connectivity index (χ2n) is 8.80. The minimum atomic E-state index is -3.45. The maximum Gasteiger partial charge on any atom is 0.243 e. The molecule has 3 rings (SSSR count). The van der Waals surface area contributed by atoms with E-state index in [0.717, 1.165) is 31.2 Å². The molecule has 1 aromatic carbocycles. The van der Waals surface area contributed by atoms with Crippen LogP contribution in [0, 0.1) is 0 Å². The summed E-state index contributed by atoms with van der Waals surface area (Å²) in [5.41, 5.74) is 0.986. The summed E-state index contributed by atoms with van der Waals surface area (Å²) < 4.78 is 39.4. The first-order valence-electron chi connectivity index (χ1n) is 10.0. The number of hydrogen-bond acceptors (Lipinski definition) is 4. The van der Waals surface area contributed by atoms with Crippen molar-refractivity contribution in [1.82, 2.24) is 4.31 Å². The molecule has 0 aromatic heterocycles. The molecule has 5 nitrogen and oxygen atoms in total. The lowest BCUT2D eigenvalue weighted by Crippen LogP contribution is -2.46. The normalized spacial score (nSPS) is 23.8. The molecular formula is C21H33NO4S. The van der Waals surface area contributed by atoms with Gasteiger partial charge in [-0.1, -0.05) is 32.9 Å². The number of nitrogens with zero attached hydrogens (tertiary/aromatic N) is 1. The Labute approximate surface area is 164 Å². The number of benzene rings is 1. The van der Waals surface area contributed by atoms with Crippen LogP contribution in [-0.2, 0) is 24.9 Å². The molecule has 152 valence electrons. The quantitative estimate of drug-likeness (QED) is 0.762. The van der Waals surface area contributed by atoms with E-state index in [-0.39, 0.29) is 17.1 Å². The van der Waals surface area contributed by atoms with Gasteiger partial charge >= 0.3 is 0 Å². The third-order valence-electron chi connectivity index (χ3n) is 5.84. The third-order valence-corrected chi connectivity index (χ3v) is 7.75. The van der Waals surface area contributed by atoms with Gasteiger partial charge in [-0.05, 0) is 55.7 Å². The van der Waals surface area contributed by atoms with Gasteiger partial charge in [-0.3, -0.25) is 0 Å². The van der Waals surface area contributed by atoms with Crippen LogP contribution in [0.2, 0.25) is 0 Å². The predicted molar refractivity (Wildman–Crippen MR) is 106 cm³/mol. The molecule has 2 saturated heterocycles. The van der Waals surface area contributed by atoms with E-state index in [1.807, 2.05) is 19.1 Å². The maximum absolute atomic E-state index is 13.0. The molecule has 0 bridgehead atoms. The van der Waals surface area contributed by atoms with Crippen LogP contribution < -0.4 is 0 Å². The molecule has 0 saturated carbocycles. The Hall–Kier alpha value is -0.950. The van der Waals surface area contributed by atoms with Crippen LogP contribution in [0.3, 0.4) is 0 Å². The van der Waals surface area contributed by atoms with Gasteiger partial charge in [0.15, 0.2) is 0 Å².